The molecule has 76 heavy (non-hydrogen) atoms. The van der Waals surface area contributed by atoms with Crippen LogP contribution in [0.1, 0.15) is 80.9 Å². The zero-order chi connectivity index (χ0) is 53.4. The van der Waals surface area contributed by atoms with Crippen LogP contribution in [0.4, 0.5) is 14.4 Å². The number of nitrogens with zero attached hydrogens (tertiary/aromatic N) is 3. The number of benzene rings is 3. The third kappa shape index (κ3) is 22.0. The van der Waals surface area contributed by atoms with Gasteiger partial charge in [0.15, 0.2) is 12.6 Å². The molecule has 0 aliphatic carbocycles. The Morgan fingerprint density at radius 2 is 0.776 bits per heavy atom. The first-order valence-corrected chi connectivity index (χ1v) is 27.7. The quantitative estimate of drug-likeness (QED) is 0.113. The Morgan fingerprint density at radius 3 is 1.12 bits per heavy atom. The van der Waals surface area contributed by atoms with Crippen LogP contribution in [0, 0.1) is 29.6 Å². The summed E-state index contributed by atoms with van der Waals surface area (Å²) >= 11 is 0. The number of carbonyl (C=O) groups is 4. The van der Waals surface area contributed by atoms with Gasteiger partial charge in [-0.25, -0.2) is 14.4 Å². The van der Waals surface area contributed by atoms with E-state index in [1.54, 1.807) is 14.7 Å². The second-order valence-electron chi connectivity index (χ2n) is 20.2. The molecule has 18 nitrogen and oxygen atoms in total. The van der Waals surface area contributed by atoms with Crippen LogP contribution in [0.2, 0.25) is 0 Å². The molecule has 10 rings (SSSR count). The van der Waals surface area contributed by atoms with Crippen LogP contribution in [0.5, 0.6) is 0 Å². The predicted molar refractivity (Wildman–Crippen MR) is 286 cm³/mol. The third-order valence-electron chi connectivity index (χ3n) is 14.7. The van der Waals surface area contributed by atoms with Gasteiger partial charge >= 0.3 is 18.3 Å². The number of amides is 3. The molecule has 3 aromatic rings. The first kappa shape index (κ1) is 60.1. The summed E-state index contributed by atoms with van der Waals surface area (Å²) in [5.74, 6) is 2.05. The zero-order valence-corrected chi connectivity index (χ0v) is 44.5. The number of hydrogen-bond donors (Lipinski definition) is 4. The minimum Gasteiger partial charge on any atom is -0.445 e. The van der Waals surface area contributed by atoms with Gasteiger partial charge in [-0.05, 0) is 119 Å². The van der Waals surface area contributed by atoms with Gasteiger partial charge in [-0.3, -0.25) is 0 Å². The molecule has 420 valence electrons. The van der Waals surface area contributed by atoms with Gasteiger partial charge in [-0.15, -0.1) is 0 Å². The Morgan fingerprint density at radius 1 is 0.461 bits per heavy atom. The van der Waals surface area contributed by atoms with Gasteiger partial charge in [0.1, 0.15) is 26.1 Å². The molecule has 3 amide bonds. The Labute approximate surface area is 450 Å². The Kier molecular flexibility index (Phi) is 27.9. The molecular formula is C58H85N5O13. The first-order chi connectivity index (χ1) is 37.3. The van der Waals surface area contributed by atoms with Crippen LogP contribution in [-0.4, -0.2) is 167 Å². The van der Waals surface area contributed by atoms with Crippen molar-refractivity contribution in [2.24, 2.45) is 29.6 Å². The van der Waals surface area contributed by atoms with E-state index in [0.29, 0.717) is 103 Å². The summed E-state index contributed by atoms with van der Waals surface area (Å²) < 4.78 is 37.8. The van der Waals surface area contributed by atoms with E-state index in [1.165, 1.54) is 12.8 Å². The highest BCUT2D eigenvalue weighted by atomic mass is 16.7. The van der Waals surface area contributed by atoms with E-state index in [4.69, 9.17) is 43.4 Å². The highest BCUT2D eigenvalue weighted by molar-refractivity contribution is 5.69. The highest BCUT2D eigenvalue weighted by Gasteiger charge is 2.33. The van der Waals surface area contributed by atoms with Crippen molar-refractivity contribution < 1.29 is 62.5 Å². The first-order valence-electron chi connectivity index (χ1n) is 27.7. The number of ether oxygens (including phenoxy) is 7. The smallest absolute Gasteiger partial charge is 0.410 e. The van der Waals surface area contributed by atoms with E-state index in [2.05, 4.69) is 10.6 Å². The lowest BCUT2D eigenvalue weighted by molar-refractivity contribution is -0.112. The number of aliphatic hydroxyl groups is 2. The minimum atomic E-state index is -0.289. The van der Waals surface area contributed by atoms with Crippen molar-refractivity contribution in [1.29, 1.82) is 0 Å². The zero-order valence-electron chi connectivity index (χ0n) is 44.5. The molecule has 0 aromatic heterocycles. The summed E-state index contributed by atoms with van der Waals surface area (Å²) in [6.07, 6.45) is 9.95. The summed E-state index contributed by atoms with van der Waals surface area (Å²) in [7, 11) is 0. The number of aldehydes is 1. The molecule has 0 saturated carbocycles. The van der Waals surface area contributed by atoms with Gasteiger partial charge in [0.25, 0.3) is 0 Å². The molecule has 0 radical (unpaired) electrons. The fourth-order valence-corrected chi connectivity index (χ4v) is 9.78. The van der Waals surface area contributed by atoms with E-state index < -0.39 is 0 Å². The number of rotatable bonds is 11. The van der Waals surface area contributed by atoms with Crippen molar-refractivity contribution in [3.8, 4) is 0 Å². The summed E-state index contributed by atoms with van der Waals surface area (Å²) in [5.41, 5.74) is 2.98. The van der Waals surface area contributed by atoms with Gasteiger partial charge in [0.05, 0.1) is 26.4 Å². The van der Waals surface area contributed by atoms with Crippen LogP contribution in [0.3, 0.4) is 0 Å². The van der Waals surface area contributed by atoms with Crippen LogP contribution in [0.15, 0.2) is 91.0 Å². The number of nitrogens with one attached hydrogen (secondary N) is 2. The number of aliphatic hydroxyl groups excluding tert-OH is 2. The molecule has 0 atom stereocenters. The average molecular weight is 1060 g/mol. The van der Waals surface area contributed by atoms with Gasteiger partial charge in [0.2, 0.25) is 0 Å². The van der Waals surface area contributed by atoms with E-state index in [9.17, 15) is 19.2 Å². The Balaban J connectivity index is 0.000000159. The molecule has 4 N–H and O–H groups in total. The average Bonchev–Trinajstić information content (AvgIpc) is 4.27. The lowest BCUT2D eigenvalue weighted by Gasteiger charge is -2.33. The van der Waals surface area contributed by atoms with Crippen LogP contribution >= 0.6 is 0 Å². The molecule has 18 heteroatoms. The summed E-state index contributed by atoms with van der Waals surface area (Å²) in [6, 6.07) is 29.0. The summed E-state index contributed by atoms with van der Waals surface area (Å²) in [5, 5.41) is 24.3. The second kappa shape index (κ2) is 35.3. The molecule has 7 saturated heterocycles. The molecule has 7 heterocycles. The second-order valence-corrected chi connectivity index (χ2v) is 20.2. The highest BCUT2D eigenvalue weighted by Crippen LogP contribution is 2.27. The SMILES string of the molecule is C1CC(C2OCCO2)CCN1.O=C(OCc1ccccc1)N1CCC(C2OCCO2)CC1.O=C(OCc1ccccc1)N1CCC(CO)CC1.O=CC1CCN(C(=O)OCc2ccccc2)CC1.OCC1CCNCC1. The molecule has 7 aliphatic rings. The van der Waals surface area contributed by atoms with Crippen LogP contribution in [-0.2, 0) is 57.8 Å². The number of likely N-dealkylation sites (tertiary alicyclic amines) is 3. The van der Waals surface area contributed by atoms with Gasteiger partial charge in [0, 0.05) is 70.2 Å². The lowest BCUT2D eigenvalue weighted by Crippen LogP contribution is -2.41. The minimum absolute atomic E-state index is 0.0764. The van der Waals surface area contributed by atoms with Crippen LogP contribution < -0.4 is 10.6 Å². The van der Waals surface area contributed by atoms with E-state index in [0.717, 1.165) is 114 Å². The summed E-state index contributed by atoms with van der Waals surface area (Å²) in [4.78, 5) is 51.4. The van der Waals surface area contributed by atoms with Crippen molar-refractivity contribution in [2.45, 2.75) is 96.6 Å². The molecule has 0 unspecified atom stereocenters. The van der Waals surface area contributed by atoms with Crippen molar-refractivity contribution in [3.63, 3.8) is 0 Å². The van der Waals surface area contributed by atoms with Gasteiger partial charge in [-0.1, -0.05) is 91.0 Å². The van der Waals surface area contributed by atoms with E-state index >= 15 is 0 Å². The molecule has 7 aliphatic heterocycles. The lowest BCUT2D eigenvalue weighted by atomic mass is 9.96. The van der Waals surface area contributed by atoms with Crippen LogP contribution in [0.25, 0.3) is 0 Å². The fourth-order valence-electron chi connectivity index (χ4n) is 9.78. The maximum absolute atomic E-state index is 12.0. The van der Waals surface area contributed by atoms with Crippen molar-refractivity contribution in [1.82, 2.24) is 25.3 Å². The van der Waals surface area contributed by atoms with Crippen molar-refractivity contribution >= 4 is 24.6 Å². The molecular weight excluding hydrogens is 975 g/mol. The topological polar surface area (TPSA) is 207 Å². The Hall–Kier alpha value is -5.18. The number of carbonyl (C=O) groups excluding carboxylic acids is 4. The van der Waals surface area contributed by atoms with Gasteiger partial charge < -0.3 is 73.5 Å². The number of hydrogen-bond acceptors (Lipinski definition) is 15. The molecule has 7 fully saturated rings. The maximum atomic E-state index is 12.0. The monoisotopic (exact) mass is 1060 g/mol. The third-order valence-corrected chi connectivity index (χ3v) is 14.7. The Bertz CT molecular complexity index is 2010. The molecule has 0 spiro atoms. The normalized spacial score (nSPS) is 20.3. The standard InChI is InChI=1S/C16H21NO4.C14H19NO3.C14H17NO3.C8H15NO2.C6H13NO/c18-16(21-12-13-4-2-1-3-5-13)17-8-6-14(7-9-17)15-19-10-11-20-15;2*16-10-12-6-8-15(9-7-12)14(17)18-11-13-4-2-1-3-5-13;1-3-9-4-2-7(1)8-10-5-6-11-8;8-5-6-1-3-7-4-2-6/h1-5,14-15H,6-12H2;1-5,12,16H,6-11H2;1-5,10,12H,6-9,11H2;7-9H,1-6H2;6-8H,1-5H2. The molecule has 3 aromatic carbocycles. The van der Waals surface area contributed by atoms with Crippen molar-refractivity contribution in [2.75, 3.05) is 105 Å². The molecule has 0 bridgehead atoms. The van der Waals surface area contributed by atoms with Crippen molar-refractivity contribution in [3.05, 3.63) is 108 Å². The van der Waals surface area contributed by atoms with Gasteiger partial charge in [-0.2, -0.15) is 0 Å². The number of piperidine rings is 5. The predicted octanol–water partition coefficient (Wildman–Crippen LogP) is 7.01. The summed E-state index contributed by atoms with van der Waals surface area (Å²) in [6.45, 7) is 12.9. The fraction of sp³-hybridized carbons (Fsp3) is 0.621. The van der Waals surface area contributed by atoms with E-state index in [-0.39, 0.29) is 43.4 Å². The largest absolute Gasteiger partial charge is 0.445 e. The van der Waals surface area contributed by atoms with E-state index in [1.807, 2.05) is 91.0 Å². The maximum Gasteiger partial charge on any atom is 0.410 e.